The molecule has 30 heavy (non-hydrogen) atoms. The number of rotatable bonds is 6. The van der Waals surface area contributed by atoms with Crippen LogP contribution in [0.5, 0.6) is 5.75 Å². The van der Waals surface area contributed by atoms with Crippen molar-refractivity contribution in [1.82, 2.24) is 9.78 Å². The molecule has 0 unspecified atom stereocenters. The lowest BCUT2D eigenvalue weighted by atomic mass is 10.1. The summed E-state index contributed by atoms with van der Waals surface area (Å²) < 4.78 is 6.97. The van der Waals surface area contributed by atoms with Gasteiger partial charge in [0.15, 0.2) is 0 Å². The van der Waals surface area contributed by atoms with Crippen molar-refractivity contribution in [1.29, 1.82) is 0 Å². The molecular weight excluding hydrogens is 427 g/mol. The molecule has 2 amide bonds. The zero-order chi connectivity index (χ0) is 22.0. The van der Waals surface area contributed by atoms with E-state index in [0.717, 1.165) is 16.9 Å². The van der Waals surface area contributed by atoms with Crippen LogP contribution in [0, 0.1) is 13.8 Å². The Morgan fingerprint density at radius 1 is 1.13 bits per heavy atom. The molecule has 3 aromatic rings. The van der Waals surface area contributed by atoms with E-state index in [1.807, 2.05) is 13.8 Å². The molecule has 2 aromatic carbocycles. The van der Waals surface area contributed by atoms with Crippen molar-refractivity contribution in [2.75, 3.05) is 12.4 Å². The van der Waals surface area contributed by atoms with E-state index in [-0.39, 0.29) is 17.9 Å². The molecule has 156 valence electrons. The number of carbonyl (C=O) groups excluding carboxylic acids is 2. The largest absolute Gasteiger partial charge is 0.495 e. The van der Waals surface area contributed by atoms with E-state index in [1.54, 1.807) is 28.9 Å². The first-order valence-corrected chi connectivity index (χ1v) is 9.75. The molecule has 0 atom stereocenters. The number of carbonyl (C=O) groups is 2. The fourth-order valence-electron chi connectivity index (χ4n) is 3.11. The van der Waals surface area contributed by atoms with Gasteiger partial charge in [0.1, 0.15) is 5.75 Å². The molecule has 0 radical (unpaired) electrons. The highest BCUT2D eigenvalue weighted by Gasteiger charge is 2.18. The van der Waals surface area contributed by atoms with Gasteiger partial charge in [-0.05, 0) is 50.2 Å². The molecule has 0 aliphatic rings. The molecule has 7 nitrogen and oxygen atoms in total. The van der Waals surface area contributed by atoms with Gasteiger partial charge in [-0.25, -0.2) is 4.68 Å². The van der Waals surface area contributed by atoms with E-state index < -0.39 is 5.91 Å². The van der Waals surface area contributed by atoms with Crippen LogP contribution in [0.25, 0.3) is 5.69 Å². The van der Waals surface area contributed by atoms with Crippen molar-refractivity contribution in [3.8, 4) is 11.4 Å². The number of aromatic nitrogens is 2. The van der Waals surface area contributed by atoms with E-state index in [0.29, 0.717) is 27.2 Å². The summed E-state index contributed by atoms with van der Waals surface area (Å²) in [6.07, 6.45) is 0.0863. The summed E-state index contributed by atoms with van der Waals surface area (Å²) in [6, 6.07) is 9.81. The fraction of sp³-hybridized carbons (Fsp3) is 0.190. The van der Waals surface area contributed by atoms with Gasteiger partial charge in [-0.15, -0.1) is 0 Å². The molecule has 0 aliphatic heterocycles. The molecule has 1 aromatic heterocycles. The van der Waals surface area contributed by atoms with Crippen LogP contribution in [0.15, 0.2) is 36.4 Å². The van der Waals surface area contributed by atoms with Gasteiger partial charge in [0.2, 0.25) is 11.8 Å². The second-order valence-corrected chi connectivity index (χ2v) is 7.48. The predicted molar refractivity (Wildman–Crippen MR) is 117 cm³/mol. The molecule has 0 bridgehead atoms. The molecule has 0 saturated heterocycles. The molecule has 0 spiro atoms. The van der Waals surface area contributed by atoms with Crippen LogP contribution >= 0.6 is 23.2 Å². The number of amides is 2. The number of ether oxygens (including phenoxy) is 1. The third-order valence-corrected chi connectivity index (χ3v) is 5.42. The molecule has 0 aliphatic carbocycles. The van der Waals surface area contributed by atoms with Crippen LogP contribution in [0.1, 0.15) is 27.3 Å². The number of hydrogen-bond donors (Lipinski definition) is 2. The molecule has 3 rings (SSSR count). The van der Waals surface area contributed by atoms with E-state index in [9.17, 15) is 9.59 Å². The Morgan fingerprint density at radius 2 is 1.87 bits per heavy atom. The summed E-state index contributed by atoms with van der Waals surface area (Å²) in [6.45, 7) is 3.71. The zero-order valence-corrected chi connectivity index (χ0v) is 18.1. The van der Waals surface area contributed by atoms with Crippen LogP contribution in [-0.2, 0) is 11.2 Å². The molecule has 3 N–H and O–H groups in total. The summed E-state index contributed by atoms with van der Waals surface area (Å²) in [5.41, 5.74) is 9.00. The Labute approximate surface area is 183 Å². The van der Waals surface area contributed by atoms with Gasteiger partial charge in [0.05, 0.1) is 40.6 Å². The summed E-state index contributed by atoms with van der Waals surface area (Å²) in [7, 11) is 1.48. The number of aryl methyl sites for hydroxylation is 1. The summed E-state index contributed by atoms with van der Waals surface area (Å²) in [5, 5.41) is 8.18. The minimum absolute atomic E-state index is 0.0863. The van der Waals surface area contributed by atoms with Crippen molar-refractivity contribution >= 4 is 40.7 Å². The Kier molecular flexibility index (Phi) is 6.34. The average molecular weight is 447 g/mol. The van der Waals surface area contributed by atoms with Gasteiger partial charge in [0.25, 0.3) is 0 Å². The van der Waals surface area contributed by atoms with Gasteiger partial charge in [-0.2, -0.15) is 5.10 Å². The van der Waals surface area contributed by atoms with Crippen molar-refractivity contribution in [3.63, 3.8) is 0 Å². The van der Waals surface area contributed by atoms with Gasteiger partial charge >= 0.3 is 0 Å². The summed E-state index contributed by atoms with van der Waals surface area (Å²) in [4.78, 5) is 24.2. The van der Waals surface area contributed by atoms with Crippen LogP contribution in [0.4, 0.5) is 5.69 Å². The average Bonchev–Trinajstić information content (AvgIpc) is 2.98. The lowest BCUT2D eigenvalue weighted by molar-refractivity contribution is -0.115. The first kappa shape index (κ1) is 21.7. The topological polar surface area (TPSA) is 99.2 Å². The fourth-order valence-corrected chi connectivity index (χ4v) is 3.41. The molecule has 9 heteroatoms. The Morgan fingerprint density at radius 3 is 2.50 bits per heavy atom. The van der Waals surface area contributed by atoms with Crippen LogP contribution in [-0.4, -0.2) is 28.7 Å². The third-order valence-electron chi connectivity index (χ3n) is 4.68. The highest BCUT2D eigenvalue weighted by atomic mass is 35.5. The summed E-state index contributed by atoms with van der Waals surface area (Å²) >= 11 is 12.1. The van der Waals surface area contributed by atoms with Crippen LogP contribution < -0.4 is 15.8 Å². The number of hydrogen-bond acceptors (Lipinski definition) is 4. The maximum absolute atomic E-state index is 12.7. The zero-order valence-electron chi connectivity index (χ0n) is 16.6. The maximum atomic E-state index is 12.7. The highest BCUT2D eigenvalue weighted by molar-refractivity contribution is 6.42. The second kappa shape index (κ2) is 8.77. The van der Waals surface area contributed by atoms with E-state index in [1.165, 1.54) is 19.2 Å². The van der Waals surface area contributed by atoms with E-state index >= 15 is 0 Å². The number of anilines is 1. The van der Waals surface area contributed by atoms with Crippen molar-refractivity contribution in [2.45, 2.75) is 20.3 Å². The molecular formula is C21H20Cl2N4O3. The van der Waals surface area contributed by atoms with Crippen LogP contribution in [0.3, 0.4) is 0 Å². The first-order valence-electron chi connectivity index (χ1n) is 8.99. The Bertz CT molecular complexity index is 1140. The van der Waals surface area contributed by atoms with Crippen LogP contribution in [0.2, 0.25) is 10.0 Å². The van der Waals surface area contributed by atoms with Gasteiger partial charge < -0.3 is 15.8 Å². The quantitative estimate of drug-likeness (QED) is 0.595. The lowest BCUT2D eigenvalue weighted by Gasteiger charge is -2.11. The second-order valence-electron chi connectivity index (χ2n) is 6.66. The number of benzene rings is 2. The van der Waals surface area contributed by atoms with Crippen molar-refractivity contribution < 1.29 is 14.3 Å². The van der Waals surface area contributed by atoms with Crippen molar-refractivity contribution in [3.05, 3.63) is 69.0 Å². The Balaban J connectivity index is 1.86. The number of primary amides is 1. The van der Waals surface area contributed by atoms with Gasteiger partial charge in [0, 0.05) is 16.8 Å². The number of nitrogens with one attached hydrogen (secondary N) is 1. The van der Waals surface area contributed by atoms with Crippen molar-refractivity contribution in [2.24, 2.45) is 5.73 Å². The predicted octanol–water partition coefficient (Wildman–Crippen LogP) is 4.08. The third kappa shape index (κ3) is 4.42. The molecule has 0 fully saturated rings. The number of halogens is 2. The Hall–Kier alpha value is -3.03. The lowest BCUT2D eigenvalue weighted by Crippen LogP contribution is -2.17. The maximum Gasteiger partial charge on any atom is 0.248 e. The number of nitrogens with two attached hydrogens (primary N) is 1. The van der Waals surface area contributed by atoms with Gasteiger partial charge in [-0.3, -0.25) is 9.59 Å². The highest BCUT2D eigenvalue weighted by Crippen LogP contribution is 2.28. The summed E-state index contributed by atoms with van der Waals surface area (Å²) in [5.74, 6) is -0.453. The SMILES string of the molecule is COc1ccc(C(N)=O)cc1NC(=O)Cc1c(C)nn(-c2ccc(Cl)c(Cl)c2)c1C. The minimum Gasteiger partial charge on any atom is -0.495 e. The smallest absolute Gasteiger partial charge is 0.248 e. The number of nitrogens with zero attached hydrogens (tertiary/aromatic N) is 2. The molecule has 1 heterocycles. The normalized spacial score (nSPS) is 10.7. The van der Waals surface area contributed by atoms with E-state index in [2.05, 4.69) is 10.4 Å². The number of methoxy groups -OCH3 is 1. The monoisotopic (exact) mass is 446 g/mol. The first-order chi connectivity index (χ1) is 14.2. The standard InChI is InChI=1S/C21H20Cl2N4O3/c1-11-15(12(2)27(26-11)14-5-6-16(22)17(23)9-14)10-20(28)25-18-8-13(21(24)29)4-7-19(18)30-3/h4-9H,10H2,1-3H3,(H2,24,29)(H,25,28). The molecule has 0 saturated carbocycles. The minimum atomic E-state index is -0.595. The van der Waals surface area contributed by atoms with E-state index in [4.69, 9.17) is 33.7 Å². The van der Waals surface area contributed by atoms with Gasteiger partial charge in [-0.1, -0.05) is 23.2 Å².